The van der Waals surface area contributed by atoms with Crippen LogP contribution in [0, 0.1) is 0 Å². The zero-order valence-corrected chi connectivity index (χ0v) is 11.0. The van der Waals surface area contributed by atoms with E-state index in [0.29, 0.717) is 5.92 Å². The van der Waals surface area contributed by atoms with Crippen molar-refractivity contribution >= 4 is 0 Å². The molecule has 5 heteroatoms. The van der Waals surface area contributed by atoms with Crippen LogP contribution in [0.4, 0.5) is 0 Å². The molecule has 3 heterocycles. The standard InChI is InChI=1S/C13H18N4O/c1-8(2)11-12(10-6-14-15-7-10)16-17-5-4-9(3)18-13(11)17/h6-9H,4-5H2,1-3H3,(H,14,15)/t9-/m1/s1. The van der Waals surface area contributed by atoms with Crippen molar-refractivity contribution in [3.8, 4) is 17.1 Å². The molecule has 1 atom stereocenters. The van der Waals surface area contributed by atoms with Crippen LogP contribution in [0.25, 0.3) is 11.3 Å². The van der Waals surface area contributed by atoms with E-state index in [-0.39, 0.29) is 6.10 Å². The highest BCUT2D eigenvalue weighted by molar-refractivity contribution is 5.65. The van der Waals surface area contributed by atoms with Gasteiger partial charge in [-0.05, 0) is 12.8 Å². The normalized spacial score (nSPS) is 18.8. The van der Waals surface area contributed by atoms with E-state index in [1.807, 2.05) is 17.1 Å². The summed E-state index contributed by atoms with van der Waals surface area (Å²) in [7, 11) is 0. The van der Waals surface area contributed by atoms with Crippen molar-refractivity contribution in [1.82, 2.24) is 20.0 Å². The number of aromatic nitrogens is 4. The van der Waals surface area contributed by atoms with Gasteiger partial charge in [-0.1, -0.05) is 13.8 Å². The number of hydrogen-bond acceptors (Lipinski definition) is 3. The Hall–Kier alpha value is -1.78. The zero-order chi connectivity index (χ0) is 12.7. The number of nitrogens with zero attached hydrogens (tertiary/aromatic N) is 3. The van der Waals surface area contributed by atoms with E-state index in [1.165, 1.54) is 5.56 Å². The number of nitrogens with one attached hydrogen (secondary N) is 1. The lowest BCUT2D eigenvalue weighted by Crippen LogP contribution is -2.23. The molecule has 0 radical (unpaired) electrons. The van der Waals surface area contributed by atoms with Gasteiger partial charge in [0, 0.05) is 30.3 Å². The molecule has 0 aliphatic carbocycles. The molecule has 0 saturated heterocycles. The lowest BCUT2D eigenvalue weighted by Gasteiger charge is -2.23. The fourth-order valence-corrected chi connectivity index (χ4v) is 2.40. The highest BCUT2D eigenvalue weighted by Gasteiger charge is 2.27. The first-order valence-electron chi connectivity index (χ1n) is 6.43. The van der Waals surface area contributed by atoms with Crippen molar-refractivity contribution < 1.29 is 4.74 Å². The van der Waals surface area contributed by atoms with Gasteiger partial charge >= 0.3 is 0 Å². The van der Waals surface area contributed by atoms with Crippen LogP contribution in [0.5, 0.6) is 5.88 Å². The van der Waals surface area contributed by atoms with Gasteiger partial charge in [0.05, 0.1) is 12.3 Å². The van der Waals surface area contributed by atoms with Gasteiger partial charge in [-0.15, -0.1) is 0 Å². The summed E-state index contributed by atoms with van der Waals surface area (Å²) in [5, 5.41) is 11.5. The molecule has 0 bridgehead atoms. The van der Waals surface area contributed by atoms with Crippen LogP contribution < -0.4 is 4.74 Å². The summed E-state index contributed by atoms with van der Waals surface area (Å²) in [6, 6.07) is 0. The average Bonchev–Trinajstić information content (AvgIpc) is 2.94. The number of ether oxygens (including phenoxy) is 1. The highest BCUT2D eigenvalue weighted by Crippen LogP contribution is 2.38. The Morgan fingerprint density at radius 2 is 2.33 bits per heavy atom. The molecule has 96 valence electrons. The second-order valence-corrected chi connectivity index (χ2v) is 5.15. The zero-order valence-electron chi connectivity index (χ0n) is 11.0. The predicted molar refractivity (Wildman–Crippen MR) is 68.6 cm³/mol. The monoisotopic (exact) mass is 246 g/mol. The van der Waals surface area contributed by atoms with Gasteiger partial charge in [0.25, 0.3) is 0 Å². The van der Waals surface area contributed by atoms with Gasteiger partial charge in [0.1, 0.15) is 5.69 Å². The Labute approximate surface area is 106 Å². The van der Waals surface area contributed by atoms with Crippen LogP contribution in [0.1, 0.15) is 38.7 Å². The van der Waals surface area contributed by atoms with Gasteiger partial charge in [0.2, 0.25) is 5.88 Å². The summed E-state index contributed by atoms with van der Waals surface area (Å²) in [6.07, 6.45) is 4.97. The maximum absolute atomic E-state index is 5.97. The molecule has 0 saturated carbocycles. The minimum atomic E-state index is 0.267. The molecule has 5 nitrogen and oxygen atoms in total. The predicted octanol–water partition coefficient (Wildman–Crippen LogP) is 2.57. The Kier molecular flexibility index (Phi) is 2.61. The van der Waals surface area contributed by atoms with Crippen LogP contribution in [0.3, 0.4) is 0 Å². The number of aromatic amines is 1. The molecule has 0 fully saturated rings. The maximum atomic E-state index is 5.97. The van der Waals surface area contributed by atoms with Gasteiger partial charge in [0.15, 0.2) is 0 Å². The molecule has 0 aromatic carbocycles. The lowest BCUT2D eigenvalue weighted by molar-refractivity contribution is 0.147. The van der Waals surface area contributed by atoms with Crippen molar-refractivity contribution in [2.24, 2.45) is 0 Å². The van der Waals surface area contributed by atoms with Crippen LogP contribution in [0.2, 0.25) is 0 Å². The molecule has 1 aliphatic rings. The average molecular weight is 246 g/mol. The smallest absolute Gasteiger partial charge is 0.216 e. The first-order valence-corrected chi connectivity index (χ1v) is 6.43. The van der Waals surface area contributed by atoms with Gasteiger partial charge in [-0.25, -0.2) is 4.68 Å². The van der Waals surface area contributed by atoms with Crippen molar-refractivity contribution in [2.75, 3.05) is 0 Å². The lowest BCUT2D eigenvalue weighted by atomic mass is 10.0. The Morgan fingerprint density at radius 1 is 1.50 bits per heavy atom. The molecule has 0 amide bonds. The third-order valence-electron chi connectivity index (χ3n) is 3.35. The first kappa shape index (κ1) is 11.3. The van der Waals surface area contributed by atoms with E-state index in [9.17, 15) is 0 Å². The molecule has 1 aliphatic heterocycles. The number of hydrogen-bond donors (Lipinski definition) is 1. The summed E-state index contributed by atoms with van der Waals surface area (Å²) in [5.41, 5.74) is 3.20. The Bertz CT molecular complexity index is 542. The molecule has 2 aromatic rings. The van der Waals surface area contributed by atoms with E-state index in [0.717, 1.165) is 30.1 Å². The number of aryl methyl sites for hydroxylation is 1. The van der Waals surface area contributed by atoms with Gasteiger partial charge < -0.3 is 4.74 Å². The minimum absolute atomic E-state index is 0.267. The van der Waals surface area contributed by atoms with Crippen LogP contribution in [0.15, 0.2) is 12.4 Å². The summed E-state index contributed by atoms with van der Waals surface area (Å²) in [6.45, 7) is 7.38. The molecule has 0 spiro atoms. The van der Waals surface area contributed by atoms with Crippen LogP contribution >= 0.6 is 0 Å². The Balaban J connectivity index is 2.15. The van der Waals surface area contributed by atoms with Crippen molar-refractivity contribution in [2.45, 2.75) is 45.8 Å². The molecular weight excluding hydrogens is 228 g/mol. The largest absolute Gasteiger partial charge is 0.475 e. The molecule has 2 aromatic heterocycles. The van der Waals surface area contributed by atoms with E-state index in [4.69, 9.17) is 4.74 Å². The van der Waals surface area contributed by atoms with Gasteiger partial charge in [-0.2, -0.15) is 10.2 Å². The number of rotatable bonds is 2. The van der Waals surface area contributed by atoms with Crippen LogP contribution in [-0.4, -0.2) is 26.1 Å². The SMILES string of the molecule is CC(C)c1c(-c2cn[nH]c2)nn2c1O[C@H](C)CC2. The van der Waals surface area contributed by atoms with Crippen molar-refractivity contribution in [3.63, 3.8) is 0 Å². The maximum Gasteiger partial charge on any atom is 0.216 e. The fourth-order valence-electron chi connectivity index (χ4n) is 2.40. The highest BCUT2D eigenvalue weighted by atomic mass is 16.5. The first-order chi connectivity index (χ1) is 8.66. The third-order valence-corrected chi connectivity index (χ3v) is 3.35. The summed E-state index contributed by atoms with van der Waals surface area (Å²) in [5.74, 6) is 1.31. The molecule has 1 N–H and O–H groups in total. The van der Waals surface area contributed by atoms with E-state index in [1.54, 1.807) is 0 Å². The summed E-state index contributed by atoms with van der Waals surface area (Å²) in [4.78, 5) is 0. The minimum Gasteiger partial charge on any atom is -0.475 e. The number of H-pyrrole nitrogens is 1. The van der Waals surface area contributed by atoms with Gasteiger partial charge in [-0.3, -0.25) is 5.10 Å². The molecular formula is C13H18N4O. The molecule has 0 unspecified atom stereocenters. The van der Waals surface area contributed by atoms with E-state index >= 15 is 0 Å². The third kappa shape index (κ3) is 1.70. The fraction of sp³-hybridized carbons (Fsp3) is 0.538. The van der Waals surface area contributed by atoms with E-state index in [2.05, 4.69) is 36.1 Å². The second kappa shape index (κ2) is 4.15. The van der Waals surface area contributed by atoms with Crippen molar-refractivity contribution in [1.29, 1.82) is 0 Å². The Morgan fingerprint density at radius 3 is 3.00 bits per heavy atom. The molecule has 3 rings (SSSR count). The number of fused-ring (bicyclic) bond motifs is 1. The van der Waals surface area contributed by atoms with Crippen molar-refractivity contribution in [3.05, 3.63) is 18.0 Å². The van der Waals surface area contributed by atoms with E-state index < -0.39 is 0 Å². The second-order valence-electron chi connectivity index (χ2n) is 5.15. The molecule has 18 heavy (non-hydrogen) atoms. The summed E-state index contributed by atoms with van der Waals surface area (Å²) < 4.78 is 7.96. The quantitative estimate of drug-likeness (QED) is 0.886. The summed E-state index contributed by atoms with van der Waals surface area (Å²) >= 11 is 0. The topological polar surface area (TPSA) is 55.7 Å². The van der Waals surface area contributed by atoms with Crippen LogP contribution in [-0.2, 0) is 6.54 Å².